The Balaban J connectivity index is 1.27. The number of imidazole rings is 1. The molecule has 2 aromatic carbocycles. The van der Waals surface area contributed by atoms with Gasteiger partial charge in [0, 0.05) is 44.0 Å². The number of aromatic amines is 1. The van der Waals surface area contributed by atoms with Crippen molar-refractivity contribution in [1.82, 2.24) is 20.2 Å². The molecular formula is C23H27N5O. The molecule has 2 saturated heterocycles. The predicted octanol–water partition coefficient (Wildman–Crippen LogP) is 2.88. The third kappa shape index (κ3) is 3.72. The molecule has 2 fully saturated rings. The molecule has 1 amide bonds. The number of benzene rings is 2. The van der Waals surface area contributed by atoms with E-state index in [1.807, 2.05) is 24.3 Å². The molecule has 0 unspecified atom stereocenters. The summed E-state index contributed by atoms with van der Waals surface area (Å²) < 4.78 is 0. The molecule has 0 spiro atoms. The Kier molecular flexibility index (Phi) is 4.94. The molecule has 3 heterocycles. The number of piperazine rings is 1. The molecule has 1 atom stereocenters. The van der Waals surface area contributed by atoms with Gasteiger partial charge in [-0.3, -0.25) is 4.79 Å². The zero-order valence-corrected chi connectivity index (χ0v) is 16.6. The number of carbonyl (C=O) groups excluding carboxylic acids is 1. The summed E-state index contributed by atoms with van der Waals surface area (Å²) in [6.45, 7) is 5.21. The lowest BCUT2D eigenvalue weighted by Crippen LogP contribution is -2.52. The van der Waals surface area contributed by atoms with Crippen LogP contribution < -0.4 is 10.2 Å². The number of fused-ring (bicyclic) bond motifs is 1. The van der Waals surface area contributed by atoms with Crippen molar-refractivity contribution in [2.75, 3.05) is 44.2 Å². The van der Waals surface area contributed by atoms with Crippen molar-refractivity contribution in [2.24, 2.45) is 5.92 Å². The number of H-pyrrole nitrogens is 1. The second-order valence-corrected chi connectivity index (χ2v) is 8.01. The van der Waals surface area contributed by atoms with Crippen LogP contribution in [0.25, 0.3) is 22.4 Å². The quantitative estimate of drug-likeness (QED) is 0.723. The van der Waals surface area contributed by atoms with E-state index < -0.39 is 0 Å². The third-order valence-electron chi connectivity index (χ3n) is 6.11. The molecule has 2 aliphatic heterocycles. The zero-order chi connectivity index (χ0) is 19.6. The lowest BCUT2D eigenvalue weighted by atomic mass is 9.98. The molecular weight excluding hydrogens is 362 g/mol. The summed E-state index contributed by atoms with van der Waals surface area (Å²) >= 11 is 0. The Morgan fingerprint density at radius 2 is 1.90 bits per heavy atom. The van der Waals surface area contributed by atoms with Gasteiger partial charge in [0.2, 0.25) is 5.91 Å². The highest BCUT2D eigenvalue weighted by molar-refractivity contribution is 5.80. The number of para-hydroxylation sites is 2. The molecule has 2 aliphatic rings. The van der Waals surface area contributed by atoms with Gasteiger partial charge in [-0.25, -0.2) is 4.98 Å². The molecule has 0 radical (unpaired) electrons. The van der Waals surface area contributed by atoms with Gasteiger partial charge < -0.3 is 20.1 Å². The minimum absolute atomic E-state index is 0.159. The number of amides is 1. The van der Waals surface area contributed by atoms with Gasteiger partial charge in [0.05, 0.1) is 17.0 Å². The Labute approximate surface area is 170 Å². The van der Waals surface area contributed by atoms with Gasteiger partial charge >= 0.3 is 0 Å². The summed E-state index contributed by atoms with van der Waals surface area (Å²) in [4.78, 5) is 25.3. The first kappa shape index (κ1) is 18.2. The summed E-state index contributed by atoms with van der Waals surface area (Å²) in [6, 6.07) is 16.6. The Morgan fingerprint density at radius 3 is 2.69 bits per heavy atom. The predicted molar refractivity (Wildman–Crippen MR) is 116 cm³/mol. The maximum Gasteiger partial charge on any atom is 0.227 e. The normalized spacial score (nSPS) is 20.2. The van der Waals surface area contributed by atoms with E-state index in [0.717, 1.165) is 74.5 Å². The van der Waals surface area contributed by atoms with Crippen LogP contribution in [0.4, 0.5) is 5.69 Å². The fourth-order valence-electron chi connectivity index (χ4n) is 4.45. The van der Waals surface area contributed by atoms with Crippen LogP contribution in [-0.4, -0.2) is 60.0 Å². The van der Waals surface area contributed by atoms with Crippen molar-refractivity contribution in [2.45, 2.75) is 12.8 Å². The van der Waals surface area contributed by atoms with Gasteiger partial charge in [-0.1, -0.05) is 24.3 Å². The third-order valence-corrected chi connectivity index (χ3v) is 6.11. The molecule has 5 rings (SSSR count). The number of carbonyl (C=O) groups is 1. The number of anilines is 1. The summed E-state index contributed by atoms with van der Waals surface area (Å²) in [6.07, 6.45) is 2.12. The number of rotatable bonds is 3. The number of hydrogen-bond acceptors (Lipinski definition) is 4. The smallest absolute Gasteiger partial charge is 0.227 e. The molecule has 0 bridgehead atoms. The van der Waals surface area contributed by atoms with Gasteiger partial charge in [0.25, 0.3) is 0 Å². The first-order valence-electron chi connectivity index (χ1n) is 10.6. The number of nitrogens with one attached hydrogen (secondary N) is 2. The number of aromatic nitrogens is 2. The minimum atomic E-state index is 0.159. The van der Waals surface area contributed by atoms with E-state index in [1.54, 1.807) is 0 Å². The van der Waals surface area contributed by atoms with E-state index in [2.05, 4.69) is 44.4 Å². The second-order valence-electron chi connectivity index (χ2n) is 8.01. The topological polar surface area (TPSA) is 64.3 Å². The maximum atomic E-state index is 12.8. The number of piperidine rings is 1. The van der Waals surface area contributed by atoms with Crippen molar-refractivity contribution in [3.63, 3.8) is 0 Å². The summed E-state index contributed by atoms with van der Waals surface area (Å²) in [7, 11) is 0. The molecule has 6 heteroatoms. The largest absolute Gasteiger partial charge is 0.368 e. The average molecular weight is 390 g/mol. The van der Waals surface area contributed by atoms with Crippen LogP contribution in [0.15, 0.2) is 48.5 Å². The minimum Gasteiger partial charge on any atom is -0.368 e. The van der Waals surface area contributed by atoms with Crippen LogP contribution in [0.3, 0.4) is 0 Å². The molecule has 1 aromatic heterocycles. The standard InChI is InChI=1S/C23H27N5O/c29-23(18-6-4-10-24-16-18)28-13-11-27(12-14-28)19-7-3-5-17(15-19)22-25-20-8-1-2-9-21(20)26-22/h1-3,5,7-9,15,18,24H,4,6,10-14,16H2,(H,25,26)/t18-/m1/s1. The van der Waals surface area contributed by atoms with Crippen LogP contribution in [0.5, 0.6) is 0 Å². The molecule has 3 aromatic rings. The first-order valence-corrected chi connectivity index (χ1v) is 10.6. The second kappa shape index (κ2) is 7.87. The number of nitrogens with zero attached hydrogens (tertiary/aromatic N) is 3. The molecule has 2 N–H and O–H groups in total. The SMILES string of the molecule is O=C([C@@H]1CCCNC1)N1CCN(c2cccc(-c3nc4ccccc4[nH]3)c2)CC1. The van der Waals surface area contributed by atoms with E-state index in [0.29, 0.717) is 5.91 Å². The average Bonchev–Trinajstić information content (AvgIpc) is 3.24. The summed E-state index contributed by atoms with van der Waals surface area (Å²) in [5.41, 5.74) is 4.31. The van der Waals surface area contributed by atoms with E-state index in [1.165, 1.54) is 5.69 Å². The highest BCUT2D eigenvalue weighted by Crippen LogP contribution is 2.26. The van der Waals surface area contributed by atoms with Crippen molar-refractivity contribution < 1.29 is 4.79 Å². The van der Waals surface area contributed by atoms with Crippen molar-refractivity contribution in [3.05, 3.63) is 48.5 Å². The van der Waals surface area contributed by atoms with E-state index in [9.17, 15) is 4.79 Å². The van der Waals surface area contributed by atoms with Crippen LogP contribution in [0.2, 0.25) is 0 Å². The van der Waals surface area contributed by atoms with E-state index in [-0.39, 0.29) is 5.92 Å². The van der Waals surface area contributed by atoms with Gasteiger partial charge in [-0.15, -0.1) is 0 Å². The van der Waals surface area contributed by atoms with E-state index >= 15 is 0 Å². The van der Waals surface area contributed by atoms with Crippen molar-refractivity contribution in [3.8, 4) is 11.4 Å². The Hall–Kier alpha value is -2.86. The van der Waals surface area contributed by atoms with Crippen molar-refractivity contribution in [1.29, 1.82) is 0 Å². The number of hydrogen-bond donors (Lipinski definition) is 2. The lowest BCUT2D eigenvalue weighted by molar-refractivity contribution is -0.136. The molecule has 6 nitrogen and oxygen atoms in total. The summed E-state index contributed by atoms with van der Waals surface area (Å²) in [5, 5.41) is 3.35. The Bertz CT molecular complexity index is 966. The Morgan fingerprint density at radius 1 is 1.03 bits per heavy atom. The molecule has 0 saturated carbocycles. The van der Waals surface area contributed by atoms with Crippen LogP contribution >= 0.6 is 0 Å². The molecule has 29 heavy (non-hydrogen) atoms. The fourth-order valence-corrected chi connectivity index (χ4v) is 4.45. The fraction of sp³-hybridized carbons (Fsp3) is 0.391. The lowest BCUT2D eigenvalue weighted by Gasteiger charge is -2.38. The maximum absolute atomic E-state index is 12.8. The molecule has 150 valence electrons. The monoisotopic (exact) mass is 389 g/mol. The molecule has 0 aliphatic carbocycles. The zero-order valence-electron chi connectivity index (χ0n) is 16.6. The van der Waals surface area contributed by atoms with Crippen LogP contribution in [0.1, 0.15) is 12.8 Å². The van der Waals surface area contributed by atoms with Gasteiger partial charge in [-0.05, 0) is 43.7 Å². The first-order chi connectivity index (χ1) is 14.3. The van der Waals surface area contributed by atoms with Crippen LogP contribution in [0, 0.1) is 5.92 Å². The van der Waals surface area contributed by atoms with Crippen LogP contribution in [-0.2, 0) is 4.79 Å². The highest BCUT2D eigenvalue weighted by Gasteiger charge is 2.28. The van der Waals surface area contributed by atoms with Crippen molar-refractivity contribution >= 4 is 22.6 Å². The van der Waals surface area contributed by atoms with Gasteiger partial charge in [0.15, 0.2) is 0 Å². The summed E-state index contributed by atoms with van der Waals surface area (Å²) in [5.74, 6) is 1.38. The highest BCUT2D eigenvalue weighted by atomic mass is 16.2. The van der Waals surface area contributed by atoms with Gasteiger partial charge in [0.1, 0.15) is 5.82 Å². The van der Waals surface area contributed by atoms with Gasteiger partial charge in [-0.2, -0.15) is 0 Å². The van der Waals surface area contributed by atoms with E-state index in [4.69, 9.17) is 4.98 Å².